The number of halogens is 1. The summed E-state index contributed by atoms with van der Waals surface area (Å²) < 4.78 is 13.4. The summed E-state index contributed by atoms with van der Waals surface area (Å²) in [5.41, 5.74) is 9.20. The van der Waals surface area contributed by atoms with Crippen LogP contribution in [0.25, 0.3) is 0 Å². The molecule has 98 valence electrons. The molecule has 2 heterocycles. The molecule has 19 heavy (non-hydrogen) atoms. The van der Waals surface area contributed by atoms with Crippen molar-refractivity contribution in [3.05, 3.63) is 65.2 Å². The van der Waals surface area contributed by atoms with Crippen LogP contribution in [0.4, 0.5) is 4.39 Å². The van der Waals surface area contributed by atoms with E-state index in [9.17, 15) is 4.39 Å². The van der Waals surface area contributed by atoms with E-state index in [0.717, 1.165) is 24.2 Å². The molecule has 2 aromatic rings. The van der Waals surface area contributed by atoms with Crippen LogP contribution >= 0.6 is 0 Å². The number of aromatic nitrogens is 1. The van der Waals surface area contributed by atoms with Crippen molar-refractivity contribution >= 4 is 0 Å². The van der Waals surface area contributed by atoms with Gasteiger partial charge in [-0.2, -0.15) is 0 Å². The number of rotatable bonds is 3. The van der Waals surface area contributed by atoms with Gasteiger partial charge in [-0.15, -0.1) is 0 Å². The molecule has 0 amide bonds. The van der Waals surface area contributed by atoms with Crippen LogP contribution in [0.2, 0.25) is 0 Å². The van der Waals surface area contributed by atoms with Gasteiger partial charge in [-0.1, -0.05) is 12.1 Å². The maximum atomic E-state index is 13.4. The molecule has 0 saturated carbocycles. The predicted octanol–water partition coefficient (Wildman–Crippen LogP) is 2.24. The third-order valence-electron chi connectivity index (χ3n) is 3.61. The number of benzene rings is 1. The zero-order chi connectivity index (χ0) is 13.2. The monoisotopic (exact) mass is 257 g/mol. The molecule has 0 radical (unpaired) electrons. The summed E-state index contributed by atoms with van der Waals surface area (Å²) in [6.45, 7) is 2.09. The molecular weight excluding hydrogens is 241 g/mol. The van der Waals surface area contributed by atoms with Gasteiger partial charge in [-0.05, 0) is 34.9 Å². The number of hydrogen-bond donors (Lipinski definition) is 1. The molecule has 1 unspecified atom stereocenters. The second kappa shape index (κ2) is 5.07. The third-order valence-corrected chi connectivity index (χ3v) is 3.61. The van der Waals surface area contributed by atoms with Gasteiger partial charge in [0.1, 0.15) is 5.82 Å². The van der Waals surface area contributed by atoms with Crippen LogP contribution < -0.4 is 5.73 Å². The Kier molecular flexibility index (Phi) is 3.27. The van der Waals surface area contributed by atoms with Crippen LogP contribution in [0.1, 0.15) is 22.7 Å². The molecule has 0 aliphatic carbocycles. The average molecular weight is 257 g/mol. The largest absolute Gasteiger partial charge is 0.329 e. The smallest absolute Gasteiger partial charge is 0.123 e. The Morgan fingerprint density at radius 2 is 2.26 bits per heavy atom. The lowest BCUT2D eigenvalue weighted by Gasteiger charge is -2.23. The second-order valence-electron chi connectivity index (χ2n) is 4.86. The molecule has 1 aromatic carbocycles. The SMILES string of the molecule is NCC1c2cc(F)ccc2CN1Cc1cccnc1. The van der Waals surface area contributed by atoms with Gasteiger partial charge >= 0.3 is 0 Å². The van der Waals surface area contributed by atoms with Crippen molar-refractivity contribution in [1.29, 1.82) is 0 Å². The molecule has 0 spiro atoms. The van der Waals surface area contributed by atoms with Crippen molar-refractivity contribution in [3.63, 3.8) is 0 Å². The number of fused-ring (bicyclic) bond motifs is 1. The Morgan fingerprint density at radius 3 is 3.00 bits per heavy atom. The number of nitrogens with two attached hydrogens (primary N) is 1. The van der Waals surface area contributed by atoms with Crippen molar-refractivity contribution in [1.82, 2.24) is 9.88 Å². The van der Waals surface area contributed by atoms with E-state index in [0.29, 0.717) is 6.54 Å². The lowest BCUT2D eigenvalue weighted by Crippen LogP contribution is -2.27. The highest BCUT2D eigenvalue weighted by Crippen LogP contribution is 2.34. The van der Waals surface area contributed by atoms with E-state index in [1.807, 2.05) is 24.4 Å². The summed E-state index contributed by atoms with van der Waals surface area (Å²) >= 11 is 0. The minimum Gasteiger partial charge on any atom is -0.329 e. The molecule has 1 aliphatic heterocycles. The first kappa shape index (κ1) is 12.3. The molecule has 0 saturated heterocycles. The van der Waals surface area contributed by atoms with Crippen LogP contribution in [0, 0.1) is 5.82 Å². The van der Waals surface area contributed by atoms with Gasteiger partial charge in [0.2, 0.25) is 0 Å². The molecule has 3 nitrogen and oxygen atoms in total. The summed E-state index contributed by atoms with van der Waals surface area (Å²) in [7, 11) is 0. The maximum Gasteiger partial charge on any atom is 0.123 e. The highest BCUT2D eigenvalue weighted by molar-refractivity contribution is 5.35. The molecule has 2 N–H and O–H groups in total. The third kappa shape index (κ3) is 2.37. The zero-order valence-electron chi connectivity index (χ0n) is 10.6. The molecule has 1 aromatic heterocycles. The maximum absolute atomic E-state index is 13.4. The zero-order valence-corrected chi connectivity index (χ0v) is 10.6. The highest BCUT2D eigenvalue weighted by Gasteiger charge is 2.29. The number of pyridine rings is 1. The summed E-state index contributed by atoms with van der Waals surface area (Å²) in [5.74, 6) is -0.194. The molecule has 3 rings (SSSR count). The van der Waals surface area contributed by atoms with Gasteiger partial charge in [0.05, 0.1) is 0 Å². The Hall–Kier alpha value is -1.78. The minimum atomic E-state index is -0.194. The Morgan fingerprint density at radius 1 is 1.37 bits per heavy atom. The number of hydrogen-bond acceptors (Lipinski definition) is 3. The number of nitrogens with zero attached hydrogens (tertiary/aromatic N) is 2. The first-order valence-electron chi connectivity index (χ1n) is 6.39. The van der Waals surface area contributed by atoms with E-state index in [4.69, 9.17) is 5.73 Å². The fraction of sp³-hybridized carbons (Fsp3) is 0.267. The molecule has 1 aliphatic rings. The Bertz CT molecular complexity index is 571. The van der Waals surface area contributed by atoms with Gasteiger partial charge in [-0.3, -0.25) is 9.88 Å². The molecule has 0 bridgehead atoms. The molecular formula is C15H16FN3. The lowest BCUT2D eigenvalue weighted by atomic mass is 10.0. The summed E-state index contributed by atoms with van der Waals surface area (Å²) in [6.07, 6.45) is 3.62. The second-order valence-corrected chi connectivity index (χ2v) is 4.86. The quantitative estimate of drug-likeness (QED) is 0.917. The van der Waals surface area contributed by atoms with Crippen LogP contribution in [-0.4, -0.2) is 16.4 Å². The molecule has 4 heteroatoms. The van der Waals surface area contributed by atoms with Crippen molar-refractivity contribution in [2.24, 2.45) is 5.73 Å². The van der Waals surface area contributed by atoms with Crippen molar-refractivity contribution in [2.45, 2.75) is 19.1 Å². The Balaban J connectivity index is 1.85. The molecule has 1 atom stereocenters. The minimum absolute atomic E-state index is 0.0888. The van der Waals surface area contributed by atoms with E-state index < -0.39 is 0 Å². The average Bonchev–Trinajstić information content (AvgIpc) is 2.76. The van der Waals surface area contributed by atoms with Crippen LogP contribution in [-0.2, 0) is 13.1 Å². The highest BCUT2D eigenvalue weighted by atomic mass is 19.1. The van der Waals surface area contributed by atoms with E-state index in [1.54, 1.807) is 12.3 Å². The van der Waals surface area contributed by atoms with E-state index in [-0.39, 0.29) is 11.9 Å². The summed E-state index contributed by atoms with van der Waals surface area (Å²) in [5, 5.41) is 0. The fourth-order valence-corrected chi connectivity index (χ4v) is 2.71. The predicted molar refractivity (Wildman–Crippen MR) is 71.7 cm³/mol. The first-order chi connectivity index (χ1) is 9.28. The summed E-state index contributed by atoms with van der Waals surface area (Å²) in [4.78, 5) is 6.39. The lowest BCUT2D eigenvalue weighted by molar-refractivity contribution is 0.210. The summed E-state index contributed by atoms with van der Waals surface area (Å²) in [6, 6.07) is 9.04. The van der Waals surface area contributed by atoms with Gasteiger partial charge in [0, 0.05) is 38.1 Å². The van der Waals surface area contributed by atoms with E-state index >= 15 is 0 Å². The molecule has 0 fully saturated rings. The van der Waals surface area contributed by atoms with Crippen LogP contribution in [0.5, 0.6) is 0 Å². The standard InChI is InChI=1S/C15H16FN3/c16-13-4-3-12-10-19(15(7-17)14(12)6-13)9-11-2-1-5-18-8-11/h1-6,8,15H,7,9-10,17H2. The normalized spacial score (nSPS) is 18.5. The van der Waals surface area contributed by atoms with Gasteiger partial charge in [0.15, 0.2) is 0 Å². The van der Waals surface area contributed by atoms with E-state index in [2.05, 4.69) is 9.88 Å². The van der Waals surface area contributed by atoms with Crippen LogP contribution in [0.15, 0.2) is 42.7 Å². The Labute approximate surface area is 111 Å². The van der Waals surface area contributed by atoms with E-state index in [1.165, 1.54) is 11.6 Å². The van der Waals surface area contributed by atoms with Crippen molar-refractivity contribution < 1.29 is 4.39 Å². The van der Waals surface area contributed by atoms with Crippen LogP contribution in [0.3, 0.4) is 0 Å². The van der Waals surface area contributed by atoms with Crippen molar-refractivity contribution in [3.8, 4) is 0 Å². The fourth-order valence-electron chi connectivity index (χ4n) is 2.71. The first-order valence-corrected chi connectivity index (χ1v) is 6.39. The topological polar surface area (TPSA) is 42.1 Å². The van der Waals surface area contributed by atoms with Gasteiger partial charge < -0.3 is 5.73 Å². The van der Waals surface area contributed by atoms with Gasteiger partial charge in [0.25, 0.3) is 0 Å². The van der Waals surface area contributed by atoms with Gasteiger partial charge in [-0.25, -0.2) is 4.39 Å². The van der Waals surface area contributed by atoms with Crippen molar-refractivity contribution in [2.75, 3.05) is 6.54 Å².